The van der Waals surface area contributed by atoms with Crippen molar-refractivity contribution in [2.75, 3.05) is 0 Å². The quantitative estimate of drug-likeness (QED) is 0.255. The zero-order valence-corrected chi connectivity index (χ0v) is 19.2. The SMILES string of the molecule is CC1CC2CCC3(c4ccccc4-c4cc5c(cc43)[nH]c3cc4ccccc4cc35)C(C1)C2. The van der Waals surface area contributed by atoms with Gasteiger partial charge in [-0.1, -0.05) is 55.5 Å². The summed E-state index contributed by atoms with van der Waals surface area (Å²) in [5.74, 6) is 2.56. The van der Waals surface area contributed by atoms with Gasteiger partial charge in [-0.05, 0) is 107 Å². The van der Waals surface area contributed by atoms with Crippen LogP contribution in [0.3, 0.4) is 0 Å². The fraction of sp³-hybridized carbons (Fsp3) is 0.312. The Hall–Kier alpha value is -3.06. The third kappa shape index (κ3) is 2.33. The van der Waals surface area contributed by atoms with Gasteiger partial charge in [0.15, 0.2) is 0 Å². The Labute approximate surface area is 194 Å². The zero-order valence-electron chi connectivity index (χ0n) is 19.2. The van der Waals surface area contributed by atoms with E-state index in [0.717, 1.165) is 17.8 Å². The Bertz CT molecular complexity index is 1590. The minimum atomic E-state index is 0.202. The maximum absolute atomic E-state index is 3.81. The van der Waals surface area contributed by atoms with Crippen LogP contribution in [0, 0.1) is 17.8 Å². The van der Waals surface area contributed by atoms with Gasteiger partial charge in [-0.3, -0.25) is 0 Å². The molecule has 0 amide bonds. The molecule has 1 nitrogen and oxygen atoms in total. The topological polar surface area (TPSA) is 15.8 Å². The lowest BCUT2D eigenvalue weighted by Crippen LogP contribution is -2.44. The summed E-state index contributed by atoms with van der Waals surface area (Å²) in [5, 5.41) is 5.34. The van der Waals surface area contributed by atoms with Gasteiger partial charge < -0.3 is 4.98 Å². The van der Waals surface area contributed by atoms with Crippen LogP contribution >= 0.6 is 0 Å². The van der Waals surface area contributed by atoms with Crippen molar-refractivity contribution in [3.63, 3.8) is 0 Å². The molecule has 162 valence electrons. The van der Waals surface area contributed by atoms with Gasteiger partial charge in [0.2, 0.25) is 0 Å². The van der Waals surface area contributed by atoms with E-state index in [0.29, 0.717) is 0 Å². The van der Waals surface area contributed by atoms with Gasteiger partial charge in [0, 0.05) is 27.2 Å². The number of aromatic nitrogens is 1. The number of rotatable bonds is 0. The number of fused-ring (bicyclic) bond motifs is 12. The summed E-state index contributed by atoms with van der Waals surface area (Å²) < 4.78 is 0. The molecule has 33 heavy (non-hydrogen) atoms. The molecule has 2 bridgehead atoms. The van der Waals surface area contributed by atoms with Gasteiger partial charge in [-0.25, -0.2) is 0 Å². The normalized spacial score (nSPS) is 28.0. The molecule has 4 aromatic carbocycles. The number of H-pyrrole nitrogens is 1. The smallest absolute Gasteiger partial charge is 0.0471 e. The van der Waals surface area contributed by atoms with Crippen LogP contribution in [-0.2, 0) is 5.41 Å². The maximum Gasteiger partial charge on any atom is 0.0471 e. The lowest BCUT2D eigenvalue weighted by atomic mass is 9.53. The molecule has 4 unspecified atom stereocenters. The number of benzene rings is 4. The van der Waals surface area contributed by atoms with E-state index in [2.05, 4.69) is 84.7 Å². The molecule has 2 saturated carbocycles. The van der Waals surface area contributed by atoms with Gasteiger partial charge in [0.05, 0.1) is 0 Å². The first-order valence-electron chi connectivity index (χ1n) is 12.8. The monoisotopic (exact) mass is 427 g/mol. The Kier molecular flexibility index (Phi) is 3.50. The fourth-order valence-electron chi connectivity index (χ4n) is 8.21. The van der Waals surface area contributed by atoms with Crippen LogP contribution < -0.4 is 0 Å². The van der Waals surface area contributed by atoms with Crippen LogP contribution in [0.25, 0.3) is 43.7 Å². The molecule has 4 atom stereocenters. The van der Waals surface area contributed by atoms with Gasteiger partial charge in [0.1, 0.15) is 0 Å². The second-order valence-electron chi connectivity index (χ2n) is 11.2. The molecule has 1 aromatic heterocycles. The molecule has 1 heterocycles. The highest BCUT2D eigenvalue weighted by Gasteiger charge is 2.53. The summed E-state index contributed by atoms with van der Waals surface area (Å²) in [4.78, 5) is 3.81. The van der Waals surface area contributed by atoms with Gasteiger partial charge in [0.25, 0.3) is 0 Å². The largest absolute Gasteiger partial charge is 0.354 e. The van der Waals surface area contributed by atoms with Crippen molar-refractivity contribution < 1.29 is 0 Å². The van der Waals surface area contributed by atoms with Crippen LogP contribution in [0.1, 0.15) is 50.2 Å². The van der Waals surface area contributed by atoms with Crippen molar-refractivity contribution >= 4 is 32.6 Å². The van der Waals surface area contributed by atoms with Crippen molar-refractivity contribution in [2.45, 2.75) is 44.4 Å². The van der Waals surface area contributed by atoms with Crippen LogP contribution in [0.15, 0.2) is 72.8 Å². The molecule has 3 aliphatic rings. The molecule has 5 aromatic rings. The average Bonchev–Trinajstić information content (AvgIpc) is 3.31. The highest BCUT2D eigenvalue weighted by Crippen LogP contribution is 2.62. The van der Waals surface area contributed by atoms with Crippen LogP contribution in [0.5, 0.6) is 0 Å². The highest BCUT2D eigenvalue weighted by atomic mass is 14.7. The molecular formula is C32H29N. The first kappa shape index (κ1) is 18.4. The molecule has 8 rings (SSSR count). The maximum atomic E-state index is 3.81. The lowest BCUT2D eigenvalue weighted by molar-refractivity contribution is 0.0856. The number of nitrogens with one attached hydrogen (secondary N) is 1. The molecule has 0 radical (unpaired) electrons. The van der Waals surface area contributed by atoms with E-state index in [4.69, 9.17) is 0 Å². The van der Waals surface area contributed by atoms with E-state index in [9.17, 15) is 0 Å². The molecule has 3 aliphatic carbocycles. The lowest BCUT2D eigenvalue weighted by Gasteiger charge is -2.50. The van der Waals surface area contributed by atoms with Crippen molar-refractivity contribution in [3.8, 4) is 11.1 Å². The van der Waals surface area contributed by atoms with E-state index in [1.165, 1.54) is 75.8 Å². The van der Waals surface area contributed by atoms with E-state index in [-0.39, 0.29) is 5.41 Å². The van der Waals surface area contributed by atoms with Crippen molar-refractivity contribution in [1.82, 2.24) is 4.98 Å². The van der Waals surface area contributed by atoms with E-state index in [1.54, 1.807) is 11.1 Å². The van der Waals surface area contributed by atoms with Crippen LogP contribution in [0.2, 0.25) is 0 Å². The predicted molar refractivity (Wildman–Crippen MR) is 139 cm³/mol. The molecule has 2 fully saturated rings. The third-order valence-corrected chi connectivity index (χ3v) is 9.47. The molecule has 1 N–H and O–H groups in total. The molecule has 0 saturated heterocycles. The molecule has 0 aliphatic heterocycles. The summed E-state index contributed by atoms with van der Waals surface area (Å²) in [6.07, 6.45) is 6.92. The minimum absolute atomic E-state index is 0.202. The molecule has 1 heteroatoms. The fourth-order valence-corrected chi connectivity index (χ4v) is 8.21. The van der Waals surface area contributed by atoms with Crippen molar-refractivity contribution in [3.05, 3.63) is 83.9 Å². The van der Waals surface area contributed by atoms with Crippen molar-refractivity contribution in [1.29, 1.82) is 0 Å². The number of hydrogen-bond acceptors (Lipinski definition) is 0. The summed E-state index contributed by atoms with van der Waals surface area (Å²) in [6, 6.07) is 27.8. The van der Waals surface area contributed by atoms with Gasteiger partial charge in [-0.15, -0.1) is 0 Å². The second kappa shape index (κ2) is 6.29. The standard InChI is InChI=1S/C32H29N/c1-19-12-20-10-11-32(23(13-19)14-20)28-9-5-4-8-24(28)25-17-27-26-15-21-6-2-3-7-22(21)16-30(26)33-31(27)18-29(25)32/h2-9,15-20,23,33H,10-14H2,1H3. The first-order valence-corrected chi connectivity index (χ1v) is 12.8. The van der Waals surface area contributed by atoms with Gasteiger partial charge in [-0.2, -0.15) is 0 Å². The summed E-state index contributed by atoms with van der Waals surface area (Å²) in [7, 11) is 0. The number of aromatic amines is 1. The Balaban J connectivity index is 1.43. The van der Waals surface area contributed by atoms with E-state index in [1.807, 2.05) is 0 Å². The Morgan fingerprint density at radius 1 is 0.727 bits per heavy atom. The van der Waals surface area contributed by atoms with Crippen LogP contribution in [-0.4, -0.2) is 4.98 Å². The Morgan fingerprint density at radius 3 is 2.39 bits per heavy atom. The molecule has 1 spiro atoms. The second-order valence-corrected chi connectivity index (χ2v) is 11.2. The first-order chi connectivity index (χ1) is 16.2. The highest BCUT2D eigenvalue weighted by molar-refractivity contribution is 6.13. The van der Waals surface area contributed by atoms with Crippen molar-refractivity contribution in [2.24, 2.45) is 17.8 Å². The summed E-state index contributed by atoms with van der Waals surface area (Å²) in [6.45, 7) is 2.49. The zero-order chi connectivity index (χ0) is 21.7. The van der Waals surface area contributed by atoms with Crippen LogP contribution in [0.4, 0.5) is 0 Å². The predicted octanol–water partition coefficient (Wildman–Crippen LogP) is 8.59. The minimum Gasteiger partial charge on any atom is -0.354 e. The van der Waals surface area contributed by atoms with E-state index >= 15 is 0 Å². The number of hydrogen-bond donors (Lipinski definition) is 1. The van der Waals surface area contributed by atoms with E-state index < -0.39 is 0 Å². The average molecular weight is 428 g/mol. The summed E-state index contributed by atoms with van der Waals surface area (Å²) >= 11 is 0. The third-order valence-electron chi connectivity index (χ3n) is 9.47. The Morgan fingerprint density at radius 2 is 1.48 bits per heavy atom. The summed E-state index contributed by atoms with van der Waals surface area (Å²) in [5.41, 5.74) is 8.95. The van der Waals surface area contributed by atoms with Gasteiger partial charge >= 0.3 is 0 Å². The molecular weight excluding hydrogens is 398 g/mol.